The first-order valence-corrected chi connectivity index (χ1v) is 5.68. The number of rotatable bonds is 7. The molecule has 1 unspecified atom stereocenters. The minimum atomic E-state index is 0.0351. The summed E-state index contributed by atoms with van der Waals surface area (Å²) in [5.41, 5.74) is 0. The van der Waals surface area contributed by atoms with Gasteiger partial charge in [0.25, 0.3) is 0 Å². The SMILES string of the molecule is CCC(C#N)NCCN(CC)C1CC1. The van der Waals surface area contributed by atoms with E-state index >= 15 is 0 Å². The Morgan fingerprint density at radius 1 is 1.50 bits per heavy atom. The van der Waals surface area contributed by atoms with Gasteiger partial charge in [0.15, 0.2) is 0 Å². The zero-order chi connectivity index (χ0) is 10.4. The molecule has 1 saturated carbocycles. The molecule has 1 aliphatic carbocycles. The van der Waals surface area contributed by atoms with Crippen molar-refractivity contribution < 1.29 is 0 Å². The van der Waals surface area contributed by atoms with E-state index in [-0.39, 0.29) is 6.04 Å². The first-order chi connectivity index (χ1) is 6.81. The molecule has 0 aliphatic heterocycles. The van der Waals surface area contributed by atoms with Gasteiger partial charge in [0.05, 0.1) is 12.1 Å². The molecule has 1 aliphatic rings. The van der Waals surface area contributed by atoms with Crippen molar-refractivity contribution in [1.82, 2.24) is 10.2 Å². The first-order valence-electron chi connectivity index (χ1n) is 5.68. The van der Waals surface area contributed by atoms with Crippen LogP contribution < -0.4 is 5.32 Å². The zero-order valence-corrected chi connectivity index (χ0v) is 9.29. The van der Waals surface area contributed by atoms with Crippen LogP contribution in [0, 0.1) is 11.3 Å². The van der Waals surface area contributed by atoms with Crippen LogP contribution in [-0.4, -0.2) is 36.6 Å². The summed E-state index contributed by atoms with van der Waals surface area (Å²) in [4.78, 5) is 2.50. The van der Waals surface area contributed by atoms with E-state index in [0.717, 1.165) is 32.1 Å². The summed E-state index contributed by atoms with van der Waals surface area (Å²) < 4.78 is 0. The summed E-state index contributed by atoms with van der Waals surface area (Å²) in [5, 5.41) is 12.0. The highest BCUT2D eigenvalue weighted by Gasteiger charge is 2.27. The van der Waals surface area contributed by atoms with Crippen LogP contribution in [0.5, 0.6) is 0 Å². The van der Waals surface area contributed by atoms with Crippen LogP contribution in [0.25, 0.3) is 0 Å². The van der Waals surface area contributed by atoms with Crippen molar-refractivity contribution >= 4 is 0 Å². The van der Waals surface area contributed by atoms with Gasteiger partial charge in [-0.3, -0.25) is 4.90 Å². The van der Waals surface area contributed by atoms with E-state index in [1.165, 1.54) is 12.8 Å². The second-order valence-electron chi connectivity index (χ2n) is 3.90. The van der Waals surface area contributed by atoms with E-state index in [0.29, 0.717) is 0 Å². The standard InChI is InChI=1S/C11H21N3/c1-3-10(9-12)13-7-8-14(4-2)11-5-6-11/h10-11,13H,3-8H2,1-2H3. The summed E-state index contributed by atoms with van der Waals surface area (Å²) in [6.45, 7) is 7.41. The van der Waals surface area contributed by atoms with Gasteiger partial charge < -0.3 is 5.32 Å². The van der Waals surface area contributed by atoms with Gasteiger partial charge in [-0.2, -0.15) is 5.26 Å². The van der Waals surface area contributed by atoms with Crippen LogP contribution in [0.4, 0.5) is 0 Å². The number of likely N-dealkylation sites (N-methyl/N-ethyl adjacent to an activating group) is 1. The normalized spacial score (nSPS) is 18.1. The van der Waals surface area contributed by atoms with Crippen molar-refractivity contribution in [1.29, 1.82) is 5.26 Å². The highest BCUT2D eigenvalue weighted by Crippen LogP contribution is 2.25. The molecule has 1 rings (SSSR count). The predicted molar refractivity (Wildman–Crippen MR) is 58.0 cm³/mol. The maximum absolute atomic E-state index is 8.74. The van der Waals surface area contributed by atoms with E-state index in [4.69, 9.17) is 5.26 Å². The molecule has 14 heavy (non-hydrogen) atoms. The van der Waals surface area contributed by atoms with Gasteiger partial charge in [-0.1, -0.05) is 13.8 Å². The molecule has 0 amide bonds. The molecule has 3 nitrogen and oxygen atoms in total. The highest BCUT2D eigenvalue weighted by molar-refractivity contribution is 4.89. The van der Waals surface area contributed by atoms with Crippen LogP contribution in [-0.2, 0) is 0 Å². The quantitative estimate of drug-likeness (QED) is 0.666. The molecule has 0 bridgehead atoms. The first kappa shape index (κ1) is 11.5. The summed E-state index contributed by atoms with van der Waals surface area (Å²) >= 11 is 0. The number of hydrogen-bond donors (Lipinski definition) is 1. The van der Waals surface area contributed by atoms with E-state index in [2.05, 4.69) is 23.2 Å². The average Bonchev–Trinajstić information content (AvgIpc) is 3.02. The molecule has 1 fully saturated rings. The Kier molecular flexibility index (Phi) is 4.92. The van der Waals surface area contributed by atoms with E-state index in [1.54, 1.807) is 0 Å². The van der Waals surface area contributed by atoms with Crippen LogP contribution in [0.1, 0.15) is 33.1 Å². The molecule has 0 aromatic carbocycles. The largest absolute Gasteiger partial charge is 0.301 e. The summed E-state index contributed by atoms with van der Waals surface area (Å²) in [6, 6.07) is 3.13. The molecule has 0 aromatic rings. The monoisotopic (exact) mass is 195 g/mol. The molecule has 0 heterocycles. The van der Waals surface area contributed by atoms with Gasteiger partial charge in [-0.15, -0.1) is 0 Å². The fourth-order valence-electron chi connectivity index (χ4n) is 1.70. The van der Waals surface area contributed by atoms with Crippen molar-refractivity contribution in [3.8, 4) is 6.07 Å². The zero-order valence-electron chi connectivity index (χ0n) is 9.29. The lowest BCUT2D eigenvalue weighted by atomic mass is 10.2. The van der Waals surface area contributed by atoms with Crippen molar-refractivity contribution in [3.63, 3.8) is 0 Å². The van der Waals surface area contributed by atoms with Crippen LogP contribution in [0.15, 0.2) is 0 Å². The third-order valence-electron chi connectivity index (χ3n) is 2.82. The summed E-state index contributed by atoms with van der Waals surface area (Å²) in [5.74, 6) is 0. The minimum absolute atomic E-state index is 0.0351. The molecule has 0 spiro atoms. The number of nitrogens with zero attached hydrogens (tertiary/aromatic N) is 2. The Balaban J connectivity index is 2.09. The van der Waals surface area contributed by atoms with E-state index in [1.807, 2.05) is 6.92 Å². The maximum Gasteiger partial charge on any atom is 0.0950 e. The van der Waals surface area contributed by atoms with Crippen molar-refractivity contribution in [2.24, 2.45) is 0 Å². The Labute approximate surface area is 87.1 Å². The fraction of sp³-hybridized carbons (Fsp3) is 0.909. The van der Waals surface area contributed by atoms with Gasteiger partial charge in [0.2, 0.25) is 0 Å². The lowest BCUT2D eigenvalue weighted by Gasteiger charge is -2.20. The van der Waals surface area contributed by atoms with Gasteiger partial charge in [-0.25, -0.2) is 0 Å². The van der Waals surface area contributed by atoms with Gasteiger partial charge in [-0.05, 0) is 25.8 Å². The fourth-order valence-corrected chi connectivity index (χ4v) is 1.70. The Morgan fingerprint density at radius 2 is 2.21 bits per heavy atom. The van der Waals surface area contributed by atoms with E-state index in [9.17, 15) is 0 Å². The third kappa shape index (κ3) is 3.65. The molecular weight excluding hydrogens is 174 g/mol. The Bertz CT molecular complexity index is 193. The molecule has 1 N–H and O–H groups in total. The van der Waals surface area contributed by atoms with Crippen LogP contribution >= 0.6 is 0 Å². The van der Waals surface area contributed by atoms with Crippen molar-refractivity contribution in [3.05, 3.63) is 0 Å². The smallest absolute Gasteiger partial charge is 0.0950 e. The van der Waals surface area contributed by atoms with Gasteiger partial charge >= 0.3 is 0 Å². The van der Waals surface area contributed by atoms with Gasteiger partial charge in [0.1, 0.15) is 0 Å². The third-order valence-corrected chi connectivity index (χ3v) is 2.82. The average molecular weight is 195 g/mol. The second-order valence-corrected chi connectivity index (χ2v) is 3.90. The van der Waals surface area contributed by atoms with Crippen LogP contribution in [0.2, 0.25) is 0 Å². The number of nitriles is 1. The Morgan fingerprint density at radius 3 is 2.64 bits per heavy atom. The summed E-state index contributed by atoms with van der Waals surface area (Å²) in [6.07, 6.45) is 3.62. The molecular formula is C11H21N3. The molecule has 80 valence electrons. The predicted octanol–water partition coefficient (Wildman–Crippen LogP) is 1.36. The van der Waals surface area contributed by atoms with Crippen molar-refractivity contribution in [2.45, 2.75) is 45.2 Å². The molecule has 0 aromatic heterocycles. The van der Waals surface area contributed by atoms with E-state index < -0.39 is 0 Å². The molecule has 0 saturated heterocycles. The molecule has 1 atom stereocenters. The molecule has 3 heteroatoms. The topological polar surface area (TPSA) is 39.1 Å². The Hall–Kier alpha value is -0.590. The second kappa shape index (κ2) is 6.00. The number of hydrogen-bond acceptors (Lipinski definition) is 3. The van der Waals surface area contributed by atoms with Crippen molar-refractivity contribution in [2.75, 3.05) is 19.6 Å². The minimum Gasteiger partial charge on any atom is -0.301 e. The van der Waals surface area contributed by atoms with Crippen LogP contribution in [0.3, 0.4) is 0 Å². The maximum atomic E-state index is 8.74. The number of nitrogens with one attached hydrogen (secondary N) is 1. The lowest BCUT2D eigenvalue weighted by molar-refractivity contribution is 0.274. The molecule has 0 radical (unpaired) electrons. The highest BCUT2D eigenvalue weighted by atomic mass is 15.2. The van der Waals surface area contributed by atoms with Gasteiger partial charge in [0, 0.05) is 19.1 Å². The summed E-state index contributed by atoms with van der Waals surface area (Å²) in [7, 11) is 0. The lowest BCUT2D eigenvalue weighted by Crippen LogP contribution is -2.37.